The zero-order valence-electron chi connectivity index (χ0n) is 9.06. The molecule has 0 saturated heterocycles. The molecular weight excluding hydrogens is 397 g/mol. The number of hydrogen-bond acceptors (Lipinski definition) is 2. The van der Waals surface area contributed by atoms with E-state index in [0.717, 1.165) is 0 Å². The van der Waals surface area contributed by atoms with Crippen molar-refractivity contribution in [1.29, 1.82) is 0 Å². The molecule has 0 unspecified atom stereocenters. The molecule has 0 radical (unpaired) electrons. The zero-order valence-corrected chi connectivity index (χ0v) is 13.0. The highest BCUT2D eigenvalue weighted by molar-refractivity contribution is 9.09. The van der Waals surface area contributed by atoms with E-state index in [-0.39, 0.29) is 34.2 Å². The predicted octanol–water partition coefficient (Wildman–Crippen LogP) is 4.70. The second-order valence-corrected chi connectivity index (χ2v) is 5.65. The average Bonchev–Trinajstić information content (AvgIpc) is 2.29. The Hall–Kier alpha value is -0.0100. The Morgan fingerprint density at radius 3 is 2.44 bits per heavy atom. The Balaban J connectivity index is 3.12. The van der Waals surface area contributed by atoms with Gasteiger partial charge in [0.15, 0.2) is 0 Å². The first kappa shape index (κ1) is 16.0. The predicted molar refractivity (Wildman–Crippen MR) is 73.5 cm³/mol. The number of halogens is 5. The van der Waals surface area contributed by atoms with Crippen LogP contribution in [-0.2, 0) is 16.5 Å². The van der Waals surface area contributed by atoms with Crippen LogP contribution in [0.25, 0.3) is 0 Å². The summed E-state index contributed by atoms with van der Waals surface area (Å²) in [5.74, 6) is -0.146. The van der Waals surface area contributed by atoms with Gasteiger partial charge in [-0.3, -0.25) is 4.79 Å². The summed E-state index contributed by atoms with van der Waals surface area (Å²) < 4.78 is 37.3. The van der Waals surface area contributed by atoms with E-state index in [2.05, 4.69) is 31.9 Å². The Morgan fingerprint density at radius 2 is 1.94 bits per heavy atom. The van der Waals surface area contributed by atoms with Crippen molar-refractivity contribution in [2.75, 3.05) is 5.33 Å². The van der Waals surface area contributed by atoms with Crippen LogP contribution in [0.5, 0.6) is 0 Å². The lowest BCUT2D eigenvalue weighted by Crippen LogP contribution is -2.09. The van der Waals surface area contributed by atoms with Crippen LogP contribution in [0.4, 0.5) is 13.2 Å². The van der Waals surface area contributed by atoms with Crippen molar-refractivity contribution < 1.29 is 18.0 Å². The van der Waals surface area contributed by atoms with Gasteiger partial charge in [0.1, 0.15) is 5.78 Å². The third kappa shape index (κ3) is 4.93. The lowest BCUT2D eigenvalue weighted by molar-refractivity contribution is -0.115. The number of Topliss-reactive ketones (excluding diaryl/α,β-unsaturated/α-hetero) is 1. The number of carbonyl (C=O) groups is 1. The minimum absolute atomic E-state index is 0.00539. The number of rotatable bonds is 5. The van der Waals surface area contributed by atoms with E-state index < -0.39 is 5.51 Å². The lowest BCUT2D eigenvalue weighted by atomic mass is 10.0. The number of benzene rings is 1. The number of hydrogen-bond donors (Lipinski definition) is 0. The average molecular weight is 406 g/mol. The van der Waals surface area contributed by atoms with Crippen LogP contribution < -0.4 is 0 Å². The highest BCUT2D eigenvalue weighted by Gasteiger charge is 2.31. The molecule has 0 aliphatic carbocycles. The minimum atomic E-state index is -4.35. The van der Waals surface area contributed by atoms with Gasteiger partial charge in [0.05, 0.1) is 5.33 Å². The van der Waals surface area contributed by atoms with Gasteiger partial charge in [-0.05, 0) is 29.0 Å². The molecule has 1 aromatic rings. The fraction of sp³-hybridized carbons (Fsp3) is 0.364. The van der Waals surface area contributed by atoms with Gasteiger partial charge in [0.2, 0.25) is 0 Å². The second kappa shape index (κ2) is 6.96. The van der Waals surface area contributed by atoms with Gasteiger partial charge in [-0.1, -0.05) is 44.0 Å². The first-order valence-electron chi connectivity index (χ1n) is 4.87. The highest BCUT2D eigenvalue weighted by Crippen LogP contribution is 2.39. The van der Waals surface area contributed by atoms with Gasteiger partial charge in [-0.2, -0.15) is 13.2 Å². The number of carbonyl (C=O) groups excluding carboxylic acids is 1. The third-order valence-corrected chi connectivity index (χ3v) is 4.19. The molecule has 0 fully saturated rings. The molecule has 0 aromatic heterocycles. The third-order valence-electron chi connectivity index (χ3n) is 2.12. The Kier molecular flexibility index (Phi) is 6.20. The summed E-state index contributed by atoms with van der Waals surface area (Å²) in [4.78, 5) is 11.5. The summed E-state index contributed by atoms with van der Waals surface area (Å²) in [6, 6.07) is 4.67. The van der Waals surface area contributed by atoms with Crippen molar-refractivity contribution in [3.05, 3.63) is 29.3 Å². The molecular formula is C11H9Br2F3OS. The molecule has 1 nitrogen and oxygen atoms in total. The monoisotopic (exact) mass is 404 g/mol. The molecule has 0 aliphatic heterocycles. The maximum absolute atomic E-state index is 12.4. The fourth-order valence-corrected chi connectivity index (χ4v) is 2.85. The van der Waals surface area contributed by atoms with Gasteiger partial charge in [0.25, 0.3) is 0 Å². The molecule has 1 aromatic carbocycles. The van der Waals surface area contributed by atoms with Crippen molar-refractivity contribution in [2.24, 2.45) is 0 Å². The maximum Gasteiger partial charge on any atom is 0.446 e. The smallest absolute Gasteiger partial charge is 0.298 e. The number of thioether (sulfide) groups is 1. The van der Waals surface area contributed by atoms with E-state index in [1.54, 1.807) is 12.1 Å². The molecule has 100 valence electrons. The molecule has 0 atom stereocenters. The van der Waals surface area contributed by atoms with Crippen molar-refractivity contribution in [3.63, 3.8) is 0 Å². The fourth-order valence-electron chi connectivity index (χ4n) is 1.40. The molecule has 0 aliphatic rings. The SMILES string of the molecule is O=C(CBr)Cc1c(CBr)cccc1SC(F)(F)F. The van der Waals surface area contributed by atoms with E-state index in [1.165, 1.54) is 6.07 Å². The Labute approximate surface area is 124 Å². The summed E-state index contributed by atoms with van der Waals surface area (Å²) in [7, 11) is 0. The van der Waals surface area contributed by atoms with Crippen LogP contribution in [0.3, 0.4) is 0 Å². The molecule has 0 amide bonds. The van der Waals surface area contributed by atoms with Crippen LogP contribution in [0.2, 0.25) is 0 Å². The first-order valence-corrected chi connectivity index (χ1v) is 7.93. The molecule has 18 heavy (non-hydrogen) atoms. The van der Waals surface area contributed by atoms with Gasteiger partial charge >= 0.3 is 5.51 Å². The van der Waals surface area contributed by atoms with Crippen LogP contribution in [0.1, 0.15) is 11.1 Å². The van der Waals surface area contributed by atoms with Crippen molar-refractivity contribution in [1.82, 2.24) is 0 Å². The summed E-state index contributed by atoms with van der Waals surface area (Å²) >= 11 is 6.06. The lowest BCUT2D eigenvalue weighted by Gasteiger charge is -2.13. The first-order chi connectivity index (χ1) is 8.37. The van der Waals surface area contributed by atoms with Gasteiger partial charge in [0, 0.05) is 16.6 Å². The normalized spacial score (nSPS) is 11.6. The second-order valence-electron chi connectivity index (χ2n) is 3.42. The summed E-state index contributed by atoms with van der Waals surface area (Å²) in [5.41, 5.74) is -3.20. The minimum Gasteiger partial charge on any atom is -0.298 e. The molecule has 7 heteroatoms. The van der Waals surface area contributed by atoms with Crippen molar-refractivity contribution in [2.45, 2.75) is 22.2 Å². The Bertz CT molecular complexity index is 435. The molecule has 0 bridgehead atoms. The van der Waals surface area contributed by atoms with E-state index in [0.29, 0.717) is 16.5 Å². The van der Waals surface area contributed by atoms with Crippen LogP contribution in [-0.4, -0.2) is 16.6 Å². The molecule has 0 heterocycles. The molecule has 1 rings (SSSR count). The van der Waals surface area contributed by atoms with E-state index in [1.807, 2.05) is 0 Å². The molecule has 0 spiro atoms. The van der Waals surface area contributed by atoms with Crippen LogP contribution >= 0.6 is 43.6 Å². The topological polar surface area (TPSA) is 17.1 Å². The maximum atomic E-state index is 12.4. The summed E-state index contributed by atoms with van der Waals surface area (Å²) in [5, 5.41) is 0.559. The zero-order chi connectivity index (χ0) is 13.8. The largest absolute Gasteiger partial charge is 0.446 e. The van der Waals surface area contributed by atoms with E-state index in [9.17, 15) is 18.0 Å². The Morgan fingerprint density at radius 1 is 1.28 bits per heavy atom. The van der Waals surface area contributed by atoms with Gasteiger partial charge in [-0.25, -0.2) is 0 Å². The summed E-state index contributed by atoms with van der Waals surface area (Å²) in [6.45, 7) is 0. The van der Waals surface area contributed by atoms with Crippen molar-refractivity contribution >= 4 is 49.4 Å². The van der Waals surface area contributed by atoms with Gasteiger partial charge < -0.3 is 0 Å². The molecule has 0 saturated carbocycles. The molecule has 0 N–H and O–H groups in total. The highest BCUT2D eigenvalue weighted by atomic mass is 79.9. The van der Waals surface area contributed by atoms with Crippen LogP contribution in [0, 0.1) is 0 Å². The summed E-state index contributed by atoms with van der Waals surface area (Å²) in [6.07, 6.45) is 0.00539. The number of ketones is 1. The van der Waals surface area contributed by atoms with E-state index >= 15 is 0 Å². The number of alkyl halides is 5. The quantitative estimate of drug-likeness (QED) is 0.521. The van der Waals surface area contributed by atoms with Crippen LogP contribution in [0.15, 0.2) is 23.1 Å². The van der Waals surface area contributed by atoms with Crippen molar-refractivity contribution in [3.8, 4) is 0 Å². The van der Waals surface area contributed by atoms with E-state index in [4.69, 9.17) is 0 Å². The van der Waals surface area contributed by atoms with Gasteiger partial charge in [-0.15, -0.1) is 0 Å². The standard InChI is InChI=1S/C11H9Br2F3OS/c12-5-7-2-1-3-10(18-11(14,15)16)9(7)4-8(17)6-13/h1-3H,4-6H2.